The molecule has 20 nitrogen and oxygen atoms in total. The number of nitrogens with one attached hydrogen (secondary N) is 1. The molecule has 3 heterocycles. The molecular formula is C30H36ClF2N4O16PS. The fourth-order valence-corrected chi connectivity index (χ4v) is 9.86. The first-order valence-corrected chi connectivity index (χ1v) is 20.0. The van der Waals surface area contributed by atoms with Crippen LogP contribution in [0.1, 0.15) is 50.3 Å². The Morgan fingerprint density at radius 2 is 1.58 bits per heavy atom. The number of aliphatic hydroxyl groups excluding tert-OH is 2. The van der Waals surface area contributed by atoms with Crippen LogP contribution in [0.3, 0.4) is 0 Å². The van der Waals surface area contributed by atoms with Crippen molar-refractivity contribution in [2.75, 3.05) is 44.4 Å². The molecule has 2 aromatic heterocycles. The quantitative estimate of drug-likeness (QED) is 0.0598. The van der Waals surface area contributed by atoms with E-state index in [0.717, 1.165) is 14.2 Å². The number of halogens is 3. The number of rotatable bonds is 19. The molecule has 1 saturated heterocycles. The lowest BCUT2D eigenvalue weighted by atomic mass is 9.88. The number of ether oxygens (including phenoxy) is 5. The molecule has 2 aromatic rings. The summed E-state index contributed by atoms with van der Waals surface area (Å²) in [5.74, 6) is -7.53. The molecule has 4 atom stereocenters. The van der Waals surface area contributed by atoms with Crippen molar-refractivity contribution in [1.29, 1.82) is 5.26 Å². The minimum atomic E-state index is -4.90. The summed E-state index contributed by atoms with van der Waals surface area (Å²) in [4.78, 5) is 50.6. The standard InChI is InChI=1S/C30H36ClF2N4O16PS/c1-47-20(38)3-5-22(40)49-13-51-54(44,52-14-50-23(41)6-4-21(39)48-2)15-55(45,46)12-19-25(42)26(43)29(53-19)37-8-7-17-24(35-16-9-30(32,33)10-16)18(11-34)27(31)36-28(17)37/h7-8,16,19,25-26,29,42-43H,3-6,9-10,12-15H2,1-2H3,(H,35,36)/t19-,25-,26-,29-/m1/s1. The molecule has 0 spiro atoms. The number of nitrogens with zero attached hydrogens (tertiary/aromatic N) is 3. The number of carbonyl (C=O) groups excluding carboxylic acids is 4. The maximum absolute atomic E-state index is 13.6. The topological polar surface area (TPSA) is 278 Å². The van der Waals surface area contributed by atoms with Gasteiger partial charge in [-0.05, 0) is 6.07 Å². The molecule has 0 amide bonds. The number of aromatic nitrogens is 2. The van der Waals surface area contributed by atoms with Gasteiger partial charge in [-0.3, -0.25) is 32.8 Å². The van der Waals surface area contributed by atoms with Gasteiger partial charge in [0.25, 0.3) is 5.92 Å². The van der Waals surface area contributed by atoms with Crippen LogP contribution in [0.2, 0.25) is 5.15 Å². The maximum atomic E-state index is 13.6. The van der Waals surface area contributed by atoms with Crippen molar-refractivity contribution >= 4 is 69.6 Å². The van der Waals surface area contributed by atoms with Crippen molar-refractivity contribution in [3.05, 3.63) is 23.0 Å². The van der Waals surface area contributed by atoms with E-state index in [-0.39, 0.29) is 40.3 Å². The van der Waals surface area contributed by atoms with Crippen LogP contribution in [0.25, 0.3) is 11.0 Å². The Kier molecular flexibility index (Phi) is 14.5. The molecule has 0 unspecified atom stereocenters. The number of methoxy groups -OCH3 is 2. The molecule has 55 heavy (non-hydrogen) atoms. The third kappa shape index (κ3) is 11.5. The third-order valence-electron chi connectivity index (χ3n) is 8.21. The predicted molar refractivity (Wildman–Crippen MR) is 180 cm³/mol. The van der Waals surface area contributed by atoms with Crippen LogP contribution >= 0.6 is 19.2 Å². The number of nitriles is 1. The minimum absolute atomic E-state index is 0.0223. The van der Waals surface area contributed by atoms with E-state index >= 15 is 0 Å². The summed E-state index contributed by atoms with van der Waals surface area (Å²) in [6, 6.07) is 2.59. The van der Waals surface area contributed by atoms with Gasteiger partial charge in [-0.25, -0.2) is 22.2 Å². The summed E-state index contributed by atoms with van der Waals surface area (Å²) in [7, 11) is -7.40. The molecule has 25 heteroatoms. The smallest absolute Gasteiger partial charge is 0.351 e. The largest absolute Gasteiger partial charge is 0.469 e. The number of aliphatic hydroxyl groups is 2. The summed E-state index contributed by atoms with van der Waals surface area (Å²) < 4.78 is 103. The summed E-state index contributed by atoms with van der Waals surface area (Å²) >= 11 is 6.25. The van der Waals surface area contributed by atoms with Crippen molar-refractivity contribution < 1.29 is 83.9 Å². The van der Waals surface area contributed by atoms with Crippen LogP contribution in [0.15, 0.2) is 12.3 Å². The van der Waals surface area contributed by atoms with Gasteiger partial charge in [0.15, 0.2) is 26.7 Å². The first kappa shape index (κ1) is 43.7. The Hall–Kier alpha value is -4.01. The monoisotopic (exact) mass is 844 g/mol. The molecule has 0 radical (unpaired) electrons. The minimum Gasteiger partial charge on any atom is -0.469 e. The van der Waals surface area contributed by atoms with Crippen LogP contribution in [0.5, 0.6) is 0 Å². The van der Waals surface area contributed by atoms with Crippen molar-refractivity contribution in [3.8, 4) is 6.07 Å². The summed E-state index contributed by atoms with van der Waals surface area (Å²) in [6.07, 6.45) is -8.28. The molecule has 0 bridgehead atoms. The zero-order valence-electron chi connectivity index (χ0n) is 29.1. The predicted octanol–water partition coefficient (Wildman–Crippen LogP) is 1.90. The Balaban J connectivity index is 1.48. The molecular weight excluding hydrogens is 809 g/mol. The maximum Gasteiger partial charge on any atom is 0.351 e. The van der Waals surface area contributed by atoms with E-state index in [0.29, 0.717) is 0 Å². The molecule has 1 aliphatic carbocycles. The number of esters is 4. The number of anilines is 1. The number of hydrogen-bond donors (Lipinski definition) is 3. The molecule has 3 N–H and O–H groups in total. The molecule has 4 rings (SSSR count). The van der Waals surface area contributed by atoms with Crippen LogP contribution in [-0.4, -0.2) is 121 Å². The lowest BCUT2D eigenvalue weighted by molar-refractivity contribution is -0.156. The summed E-state index contributed by atoms with van der Waals surface area (Å²) in [5, 5.41) is 34.2. The first-order valence-electron chi connectivity index (χ1n) is 16.1. The highest BCUT2D eigenvalue weighted by Crippen LogP contribution is 2.50. The van der Waals surface area contributed by atoms with Gasteiger partial charge in [0, 0.05) is 30.5 Å². The Morgan fingerprint density at radius 3 is 2.09 bits per heavy atom. The van der Waals surface area contributed by atoms with Crippen LogP contribution in [0.4, 0.5) is 14.5 Å². The summed E-state index contributed by atoms with van der Waals surface area (Å²) in [5.41, 5.74) is -1.53. The molecule has 304 valence electrons. The molecule has 2 fully saturated rings. The van der Waals surface area contributed by atoms with Crippen molar-refractivity contribution in [1.82, 2.24) is 9.55 Å². The zero-order chi connectivity index (χ0) is 40.7. The number of pyridine rings is 1. The zero-order valence-corrected chi connectivity index (χ0v) is 31.5. The Morgan fingerprint density at radius 1 is 1.04 bits per heavy atom. The highest BCUT2D eigenvalue weighted by atomic mass is 35.5. The number of carbonyl (C=O) groups is 4. The van der Waals surface area contributed by atoms with Gasteiger partial charge in [0.2, 0.25) is 13.6 Å². The van der Waals surface area contributed by atoms with E-state index in [9.17, 15) is 56.4 Å². The van der Waals surface area contributed by atoms with E-state index in [1.165, 1.54) is 16.8 Å². The van der Waals surface area contributed by atoms with Gasteiger partial charge in [-0.1, -0.05) is 11.6 Å². The second kappa shape index (κ2) is 18.3. The Labute approximate surface area is 316 Å². The fourth-order valence-electron chi connectivity index (χ4n) is 5.42. The molecule has 0 aromatic carbocycles. The van der Waals surface area contributed by atoms with Gasteiger partial charge in [0.1, 0.15) is 35.6 Å². The lowest BCUT2D eigenvalue weighted by Crippen LogP contribution is -2.44. The molecule has 1 aliphatic heterocycles. The average molecular weight is 845 g/mol. The number of fused-ring (bicyclic) bond motifs is 1. The average Bonchev–Trinajstić information content (AvgIpc) is 3.63. The number of hydrogen-bond acceptors (Lipinski definition) is 19. The second-order valence-corrected chi connectivity index (χ2v) is 17.2. The van der Waals surface area contributed by atoms with Crippen molar-refractivity contribution in [2.24, 2.45) is 0 Å². The van der Waals surface area contributed by atoms with E-state index in [1.54, 1.807) is 0 Å². The highest BCUT2D eigenvalue weighted by molar-refractivity contribution is 7.97. The number of sulfone groups is 1. The van der Waals surface area contributed by atoms with Crippen LogP contribution in [-0.2, 0) is 66.3 Å². The highest BCUT2D eigenvalue weighted by Gasteiger charge is 2.48. The van der Waals surface area contributed by atoms with Crippen LogP contribution < -0.4 is 5.32 Å². The van der Waals surface area contributed by atoms with Crippen LogP contribution in [0, 0.1) is 11.3 Å². The van der Waals surface area contributed by atoms with E-state index in [2.05, 4.69) is 19.8 Å². The normalized spacial score (nSPS) is 21.0. The molecule has 2 aliphatic rings. The summed E-state index contributed by atoms with van der Waals surface area (Å²) in [6.45, 7) is -2.29. The number of alkyl halides is 2. The third-order valence-corrected chi connectivity index (χ3v) is 13.2. The lowest BCUT2D eigenvalue weighted by Gasteiger charge is -2.36. The van der Waals surface area contributed by atoms with E-state index in [4.69, 9.17) is 34.9 Å². The fraction of sp³-hybridized carbons (Fsp3) is 0.600. The van der Waals surface area contributed by atoms with Gasteiger partial charge >= 0.3 is 31.5 Å². The van der Waals surface area contributed by atoms with Crippen molar-refractivity contribution in [3.63, 3.8) is 0 Å². The second-order valence-electron chi connectivity index (χ2n) is 12.2. The molecule has 1 saturated carbocycles. The van der Waals surface area contributed by atoms with Gasteiger partial charge in [-0.2, -0.15) is 5.26 Å². The van der Waals surface area contributed by atoms with Gasteiger partial charge in [0.05, 0.1) is 51.3 Å². The van der Waals surface area contributed by atoms with E-state index < -0.39 is 128 Å². The van der Waals surface area contributed by atoms with Gasteiger partial charge in [-0.15, -0.1) is 0 Å². The SMILES string of the molecule is COC(=O)CCC(=O)OCOP(=O)(CS(=O)(=O)C[C@H]1O[C@@H](n2ccc3c(NC4CC(F)(F)C4)c(C#N)c(Cl)nc32)[C@H](O)[C@@H]1O)OCOC(=O)CCC(=O)OC. The van der Waals surface area contributed by atoms with E-state index in [1.807, 2.05) is 6.07 Å². The Bertz CT molecular complexity index is 1930. The van der Waals surface area contributed by atoms with Gasteiger partial charge < -0.3 is 43.8 Å². The first-order chi connectivity index (χ1) is 25.8. The van der Waals surface area contributed by atoms with Crippen molar-refractivity contribution in [2.45, 2.75) is 75.0 Å².